The second-order valence-electron chi connectivity index (χ2n) is 8.11. The lowest BCUT2D eigenvalue weighted by Crippen LogP contribution is -2.35. The summed E-state index contributed by atoms with van der Waals surface area (Å²) >= 11 is 0. The number of rotatable bonds is 10. The van der Waals surface area contributed by atoms with Crippen LogP contribution in [0.5, 0.6) is 11.5 Å². The SMILES string of the molecule is CCOC(=O)C(Nc1ccc(C(=N)N)cc1)c1cc(OCC)cc(OC2CCN(C)CC2)c1. The molecule has 2 aromatic rings. The summed E-state index contributed by atoms with van der Waals surface area (Å²) in [5.41, 5.74) is 7.56. The third-order valence-corrected chi connectivity index (χ3v) is 5.54. The second-order valence-corrected chi connectivity index (χ2v) is 8.11. The molecule has 4 N–H and O–H groups in total. The minimum atomic E-state index is -0.756. The van der Waals surface area contributed by atoms with Crippen LogP contribution in [0.2, 0.25) is 0 Å². The Hall–Kier alpha value is -3.26. The van der Waals surface area contributed by atoms with E-state index in [9.17, 15) is 4.79 Å². The van der Waals surface area contributed by atoms with Crippen molar-refractivity contribution in [3.8, 4) is 11.5 Å². The average Bonchev–Trinajstić information content (AvgIpc) is 2.79. The second kappa shape index (κ2) is 11.6. The number of hydrogen-bond donors (Lipinski definition) is 3. The number of hydrogen-bond acceptors (Lipinski definition) is 7. The first kappa shape index (κ1) is 24.4. The smallest absolute Gasteiger partial charge is 0.333 e. The van der Waals surface area contributed by atoms with Crippen LogP contribution in [0, 0.1) is 5.41 Å². The van der Waals surface area contributed by atoms with Gasteiger partial charge in [-0.2, -0.15) is 0 Å². The van der Waals surface area contributed by atoms with Gasteiger partial charge in [-0.05, 0) is 75.7 Å². The van der Waals surface area contributed by atoms with Gasteiger partial charge >= 0.3 is 5.97 Å². The summed E-state index contributed by atoms with van der Waals surface area (Å²) in [4.78, 5) is 15.2. The summed E-state index contributed by atoms with van der Waals surface area (Å²) in [5, 5.41) is 10.8. The Morgan fingerprint density at radius 1 is 1.12 bits per heavy atom. The molecule has 178 valence electrons. The molecule has 8 nitrogen and oxygen atoms in total. The molecular weight excluding hydrogens is 420 g/mol. The molecule has 0 radical (unpaired) electrons. The van der Waals surface area contributed by atoms with Crippen molar-refractivity contribution in [3.63, 3.8) is 0 Å². The molecule has 1 unspecified atom stereocenters. The van der Waals surface area contributed by atoms with Crippen LogP contribution in [0.1, 0.15) is 43.9 Å². The molecule has 0 amide bonds. The predicted molar refractivity (Wildman–Crippen MR) is 129 cm³/mol. The van der Waals surface area contributed by atoms with E-state index >= 15 is 0 Å². The van der Waals surface area contributed by atoms with E-state index in [1.54, 1.807) is 31.2 Å². The molecule has 0 spiro atoms. The molecule has 1 heterocycles. The highest BCUT2D eigenvalue weighted by Crippen LogP contribution is 2.31. The predicted octanol–water partition coefficient (Wildman–Crippen LogP) is 3.56. The number of esters is 1. The molecular formula is C25H34N4O4. The lowest BCUT2D eigenvalue weighted by molar-refractivity contribution is -0.144. The zero-order valence-corrected chi connectivity index (χ0v) is 19.6. The normalized spacial score (nSPS) is 15.5. The lowest BCUT2D eigenvalue weighted by atomic mass is 10.0. The number of amidine groups is 1. The van der Waals surface area contributed by atoms with Crippen molar-refractivity contribution >= 4 is 17.5 Å². The van der Waals surface area contributed by atoms with Gasteiger partial charge in [0.15, 0.2) is 6.04 Å². The monoisotopic (exact) mass is 454 g/mol. The first-order chi connectivity index (χ1) is 15.9. The number of carbonyl (C=O) groups excluding carboxylic acids is 1. The van der Waals surface area contributed by atoms with Crippen LogP contribution in [0.4, 0.5) is 5.69 Å². The van der Waals surface area contributed by atoms with E-state index in [0.717, 1.165) is 25.9 Å². The Balaban J connectivity index is 1.89. The summed E-state index contributed by atoms with van der Waals surface area (Å²) in [6, 6.07) is 11.9. The van der Waals surface area contributed by atoms with Gasteiger partial charge in [-0.15, -0.1) is 0 Å². The minimum absolute atomic E-state index is 0.0106. The number of carbonyl (C=O) groups is 1. The third-order valence-electron chi connectivity index (χ3n) is 5.54. The van der Waals surface area contributed by atoms with E-state index < -0.39 is 12.0 Å². The van der Waals surface area contributed by atoms with Crippen molar-refractivity contribution in [3.05, 3.63) is 53.6 Å². The molecule has 0 aromatic heterocycles. The standard InChI is InChI=1S/C25H34N4O4/c1-4-31-21-14-18(15-22(16-21)33-20-10-12-29(3)13-11-20)23(25(30)32-5-2)28-19-8-6-17(7-9-19)24(26)27/h6-9,14-16,20,23,28H,4-5,10-13H2,1-3H3,(H3,26,27). The molecule has 1 aliphatic heterocycles. The maximum Gasteiger partial charge on any atom is 0.333 e. The molecule has 3 rings (SSSR count). The fourth-order valence-corrected chi connectivity index (χ4v) is 3.79. The fourth-order valence-electron chi connectivity index (χ4n) is 3.79. The van der Waals surface area contributed by atoms with Crippen molar-refractivity contribution in [1.82, 2.24) is 4.90 Å². The molecule has 2 aromatic carbocycles. The number of likely N-dealkylation sites (tertiary alicyclic amines) is 1. The van der Waals surface area contributed by atoms with Crippen LogP contribution < -0.4 is 20.5 Å². The Kier molecular flexibility index (Phi) is 8.54. The molecule has 0 bridgehead atoms. The molecule has 0 saturated carbocycles. The first-order valence-corrected chi connectivity index (χ1v) is 11.4. The summed E-state index contributed by atoms with van der Waals surface area (Å²) in [7, 11) is 2.11. The number of nitrogen functional groups attached to an aromatic ring is 1. The minimum Gasteiger partial charge on any atom is -0.494 e. The van der Waals surface area contributed by atoms with E-state index in [-0.39, 0.29) is 18.5 Å². The average molecular weight is 455 g/mol. The summed E-state index contributed by atoms with van der Waals surface area (Å²) in [5.74, 6) is 0.908. The van der Waals surface area contributed by atoms with Gasteiger partial charge < -0.3 is 30.2 Å². The van der Waals surface area contributed by atoms with Crippen LogP contribution in [0.3, 0.4) is 0 Å². The first-order valence-electron chi connectivity index (χ1n) is 11.4. The summed E-state index contributed by atoms with van der Waals surface area (Å²) < 4.78 is 17.4. The van der Waals surface area contributed by atoms with Gasteiger partial charge in [0, 0.05) is 30.4 Å². The Morgan fingerprint density at radius 3 is 2.39 bits per heavy atom. The molecule has 1 fully saturated rings. The van der Waals surface area contributed by atoms with E-state index in [0.29, 0.717) is 34.9 Å². The van der Waals surface area contributed by atoms with Crippen molar-refractivity contribution < 1.29 is 19.0 Å². The third kappa shape index (κ3) is 6.86. The summed E-state index contributed by atoms with van der Waals surface area (Å²) in [6.45, 7) is 6.45. The zero-order valence-electron chi connectivity index (χ0n) is 19.6. The number of benzene rings is 2. The fraction of sp³-hybridized carbons (Fsp3) is 0.440. The highest BCUT2D eigenvalue weighted by molar-refractivity contribution is 5.95. The van der Waals surface area contributed by atoms with Crippen LogP contribution in [0.25, 0.3) is 0 Å². The highest BCUT2D eigenvalue weighted by atomic mass is 16.5. The topological polar surface area (TPSA) is 110 Å². The molecule has 1 atom stereocenters. The van der Waals surface area contributed by atoms with E-state index in [2.05, 4.69) is 17.3 Å². The zero-order chi connectivity index (χ0) is 23.8. The Morgan fingerprint density at radius 2 is 1.79 bits per heavy atom. The number of anilines is 1. The number of nitrogens with two attached hydrogens (primary N) is 1. The molecule has 8 heteroatoms. The van der Waals surface area contributed by atoms with Gasteiger partial charge in [-0.3, -0.25) is 5.41 Å². The van der Waals surface area contributed by atoms with Crippen LogP contribution in [0.15, 0.2) is 42.5 Å². The van der Waals surface area contributed by atoms with Crippen molar-refractivity contribution in [2.24, 2.45) is 5.73 Å². The van der Waals surface area contributed by atoms with E-state index in [1.165, 1.54) is 0 Å². The molecule has 0 aliphatic carbocycles. The number of nitrogens with one attached hydrogen (secondary N) is 2. The Labute approximate surface area is 195 Å². The van der Waals surface area contributed by atoms with E-state index in [4.69, 9.17) is 25.4 Å². The maximum absolute atomic E-state index is 12.9. The van der Waals surface area contributed by atoms with Gasteiger partial charge in [0.2, 0.25) is 0 Å². The molecule has 1 saturated heterocycles. The number of nitrogens with zero attached hydrogens (tertiary/aromatic N) is 1. The van der Waals surface area contributed by atoms with Crippen molar-refractivity contribution in [2.45, 2.75) is 38.8 Å². The van der Waals surface area contributed by atoms with Gasteiger partial charge in [-0.1, -0.05) is 0 Å². The van der Waals surface area contributed by atoms with Crippen LogP contribution in [-0.4, -0.2) is 56.2 Å². The van der Waals surface area contributed by atoms with Gasteiger partial charge in [0.1, 0.15) is 23.4 Å². The van der Waals surface area contributed by atoms with Gasteiger partial charge in [-0.25, -0.2) is 4.79 Å². The number of piperidine rings is 1. The van der Waals surface area contributed by atoms with Crippen molar-refractivity contribution in [2.75, 3.05) is 38.7 Å². The lowest BCUT2D eigenvalue weighted by Gasteiger charge is -2.29. The molecule has 33 heavy (non-hydrogen) atoms. The number of ether oxygens (including phenoxy) is 3. The van der Waals surface area contributed by atoms with Crippen molar-refractivity contribution in [1.29, 1.82) is 5.41 Å². The van der Waals surface area contributed by atoms with Gasteiger partial charge in [0.25, 0.3) is 0 Å². The van der Waals surface area contributed by atoms with Gasteiger partial charge in [0.05, 0.1) is 13.2 Å². The Bertz CT molecular complexity index is 940. The van der Waals surface area contributed by atoms with Crippen LogP contribution in [-0.2, 0) is 9.53 Å². The molecule has 1 aliphatic rings. The van der Waals surface area contributed by atoms with Crippen LogP contribution >= 0.6 is 0 Å². The quantitative estimate of drug-likeness (QED) is 0.286. The maximum atomic E-state index is 12.9. The van der Waals surface area contributed by atoms with E-state index in [1.807, 2.05) is 25.1 Å². The summed E-state index contributed by atoms with van der Waals surface area (Å²) in [6.07, 6.45) is 2.03. The largest absolute Gasteiger partial charge is 0.494 e. The highest BCUT2D eigenvalue weighted by Gasteiger charge is 2.25.